The second-order valence-electron chi connectivity index (χ2n) is 9.20. The fourth-order valence-electron chi connectivity index (χ4n) is 4.04. The van der Waals surface area contributed by atoms with Crippen molar-refractivity contribution in [3.8, 4) is 0 Å². The molecule has 0 saturated heterocycles. The molecule has 4 N–H and O–H groups in total. The minimum Gasteiger partial charge on any atom is -0.462 e. The smallest absolute Gasteiger partial charge is 0.408 e. The van der Waals surface area contributed by atoms with Gasteiger partial charge in [-0.1, -0.05) is 72.8 Å². The van der Waals surface area contributed by atoms with Gasteiger partial charge in [-0.25, -0.2) is 9.59 Å². The molecule has 3 amide bonds. The van der Waals surface area contributed by atoms with Crippen molar-refractivity contribution in [3.63, 3.8) is 0 Å². The molecule has 2 aromatic rings. The molecule has 39 heavy (non-hydrogen) atoms. The van der Waals surface area contributed by atoms with Gasteiger partial charge in [-0.3, -0.25) is 9.59 Å². The van der Waals surface area contributed by atoms with Crippen molar-refractivity contribution in [2.24, 2.45) is 5.92 Å². The average molecular weight is 538 g/mol. The van der Waals surface area contributed by atoms with E-state index in [4.69, 9.17) is 9.47 Å². The van der Waals surface area contributed by atoms with Crippen LogP contribution in [0.2, 0.25) is 0 Å². The minimum atomic E-state index is -0.968. The van der Waals surface area contributed by atoms with Gasteiger partial charge in [0.05, 0.1) is 25.1 Å². The van der Waals surface area contributed by atoms with E-state index < -0.39 is 30.1 Å². The maximum absolute atomic E-state index is 12.7. The van der Waals surface area contributed by atoms with Crippen molar-refractivity contribution in [1.29, 1.82) is 0 Å². The van der Waals surface area contributed by atoms with Gasteiger partial charge in [0, 0.05) is 6.42 Å². The Labute approximate surface area is 227 Å². The fraction of sp³-hybridized carbons (Fsp3) is 0.379. The number of benzene rings is 2. The second kappa shape index (κ2) is 15.9. The number of allylic oxidation sites excluding steroid dienone is 1. The summed E-state index contributed by atoms with van der Waals surface area (Å²) in [4.78, 5) is 50.2. The van der Waals surface area contributed by atoms with Gasteiger partial charge in [0.2, 0.25) is 11.8 Å². The Bertz CT molecular complexity index is 1110. The summed E-state index contributed by atoms with van der Waals surface area (Å²) >= 11 is 0. The van der Waals surface area contributed by atoms with Crippen LogP contribution in [0.3, 0.4) is 0 Å². The van der Waals surface area contributed by atoms with Crippen LogP contribution >= 0.6 is 0 Å². The van der Waals surface area contributed by atoms with Crippen molar-refractivity contribution in [1.82, 2.24) is 16.0 Å². The first-order valence-electron chi connectivity index (χ1n) is 12.9. The minimum absolute atomic E-state index is 0.0581. The number of aliphatic hydroxyl groups excluding tert-OH is 1. The lowest BCUT2D eigenvalue weighted by atomic mass is 9.98. The molecule has 10 heteroatoms. The average Bonchev–Trinajstić information content (AvgIpc) is 2.95. The van der Waals surface area contributed by atoms with E-state index in [9.17, 15) is 24.3 Å². The quantitative estimate of drug-likeness (QED) is 0.283. The van der Waals surface area contributed by atoms with Gasteiger partial charge in [-0.2, -0.15) is 0 Å². The summed E-state index contributed by atoms with van der Waals surface area (Å²) in [6.45, 7) is -0.202. The molecule has 0 fully saturated rings. The molecule has 0 saturated carbocycles. The van der Waals surface area contributed by atoms with Crippen LogP contribution < -0.4 is 16.0 Å². The van der Waals surface area contributed by atoms with Gasteiger partial charge < -0.3 is 30.5 Å². The lowest BCUT2D eigenvalue weighted by molar-refractivity contribution is -0.146. The zero-order valence-corrected chi connectivity index (χ0v) is 21.7. The number of rotatable bonds is 9. The Kier molecular flexibility index (Phi) is 12.0. The second-order valence-corrected chi connectivity index (χ2v) is 9.20. The monoisotopic (exact) mass is 537 g/mol. The van der Waals surface area contributed by atoms with Crippen LogP contribution in [0, 0.1) is 5.92 Å². The van der Waals surface area contributed by atoms with E-state index in [1.165, 1.54) is 0 Å². The maximum atomic E-state index is 12.7. The molecule has 208 valence electrons. The van der Waals surface area contributed by atoms with E-state index in [2.05, 4.69) is 16.0 Å². The molecule has 0 bridgehead atoms. The highest BCUT2D eigenvalue weighted by Gasteiger charge is 2.25. The number of esters is 1. The van der Waals surface area contributed by atoms with Gasteiger partial charge in [-0.05, 0) is 30.4 Å². The Morgan fingerprint density at radius 1 is 1.00 bits per heavy atom. The zero-order chi connectivity index (χ0) is 27.9. The molecule has 0 radical (unpaired) electrons. The van der Waals surface area contributed by atoms with Crippen LogP contribution in [0.1, 0.15) is 30.4 Å². The molecule has 1 aliphatic rings. The van der Waals surface area contributed by atoms with Gasteiger partial charge in [0.25, 0.3) is 0 Å². The summed E-state index contributed by atoms with van der Waals surface area (Å²) < 4.78 is 10.4. The summed E-state index contributed by atoms with van der Waals surface area (Å²) in [5.41, 5.74) is 1.79. The van der Waals surface area contributed by atoms with Crippen molar-refractivity contribution in [2.75, 3.05) is 19.8 Å². The third-order valence-electron chi connectivity index (χ3n) is 6.11. The van der Waals surface area contributed by atoms with Gasteiger partial charge in [0.15, 0.2) is 0 Å². The van der Waals surface area contributed by atoms with Crippen molar-refractivity contribution in [3.05, 3.63) is 83.9 Å². The Morgan fingerprint density at radius 2 is 1.67 bits per heavy atom. The number of nitrogens with one attached hydrogen (secondary N) is 3. The van der Waals surface area contributed by atoms with Crippen LogP contribution in [0.25, 0.3) is 0 Å². The van der Waals surface area contributed by atoms with Crippen LogP contribution in [-0.4, -0.2) is 60.8 Å². The number of cyclic esters (lactones) is 1. The number of carbonyl (C=O) groups excluding carboxylic acids is 4. The van der Waals surface area contributed by atoms with E-state index in [0.29, 0.717) is 6.42 Å². The van der Waals surface area contributed by atoms with Crippen LogP contribution in [0.15, 0.2) is 72.8 Å². The van der Waals surface area contributed by atoms with E-state index in [-0.39, 0.29) is 57.4 Å². The van der Waals surface area contributed by atoms with Gasteiger partial charge >= 0.3 is 12.1 Å². The molecule has 10 nitrogen and oxygen atoms in total. The lowest BCUT2D eigenvalue weighted by Gasteiger charge is -2.20. The molecule has 3 unspecified atom stereocenters. The predicted molar refractivity (Wildman–Crippen MR) is 143 cm³/mol. The molecule has 3 rings (SSSR count). The fourth-order valence-corrected chi connectivity index (χ4v) is 4.04. The SMILES string of the molecule is O=C(CC1CC=CCC(NC(=O)OCc2ccccc2)C(=O)OCCNC1=O)NC(CO)Cc1ccccc1. The van der Waals surface area contributed by atoms with Crippen LogP contribution in [0.5, 0.6) is 0 Å². The third kappa shape index (κ3) is 10.6. The van der Waals surface area contributed by atoms with E-state index in [0.717, 1.165) is 11.1 Å². The normalized spacial score (nSPS) is 18.9. The summed E-state index contributed by atoms with van der Waals surface area (Å²) in [6.07, 6.45) is 3.38. The third-order valence-corrected chi connectivity index (χ3v) is 6.11. The van der Waals surface area contributed by atoms with Gasteiger partial charge in [0.1, 0.15) is 19.3 Å². The molecular weight excluding hydrogens is 502 g/mol. The highest BCUT2D eigenvalue weighted by molar-refractivity contribution is 5.86. The molecule has 0 aliphatic carbocycles. The molecule has 2 aromatic carbocycles. The highest BCUT2D eigenvalue weighted by atomic mass is 16.6. The molecule has 0 spiro atoms. The van der Waals surface area contributed by atoms with Crippen LogP contribution in [0.4, 0.5) is 4.79 Å². The number of ether oxygens (including phenoxy) is 2. The van der Waals surface area contributed by atoms with E-state index in [1.807, 2.05) is 60.7 Å². The van der Waals surface area contributed by atoms with Gasteiger partial charge in [-0.15, -0.1) is 0 Å². The molecule has 1 heterocycles. The maximum Gasteiger partial charge on any atom is 0.408 e. The van der Waals surface area contributed by atoms with Crippen molar-refractivity contribution >= 4 is 23.9 Å². The first-order valence-corrected chi connectivity index (χ1v) is 12.9. The highest BCUT2D eigenvalue weighted by Crippen LogP contribution is 2.13. The topological polar surface area (TPSA) is 143 Å². The number of hydrogen-bond acceptors (Lipinski definition) is 7. The summed E-state index contributed by atoms with van der Waals surface area (Å²) in [5, 5.41) is 17.7. The zero-order valence-electron chi connectivity index (χ0n) is 21.7. The Balaban J connectivity index is 1.54. The molecular formula is C29H35N3O7. The largest absolute Gasteiger partial charge is 0.462 e. The first-order chi connectivity index (χ1) is 18.9. The summed E-state index contributed by atoms with van der Waals surface area (Å²) in [7, 11) is 0. The number of carbonyl (C=O) groups is 4. The van der Waals surface area contributed by atoms with E-state index >= 15 is 0 Å². The number of amides is 3. The summed E-state index contributed by atoms with van der Waals surface area (Å²) in [6, 6.07) is 17.2. The molecule has 3 atom stereocenters. The molecule has 0 aromatic heterocycles. The van der Waals surface area contributed by atoms with E-state index in [1.54, 1.807) is 12.2 Å². The number of alkyl carbamates (subject to hydrolysis) is 1. The van der Waals surface area contributed by atoms with Crippen LogP contribution in [-0.2, 0) is 36.9 Å². The standard InChI is InChI=1S/C29H35N3O7/c33-19-24(17-21-9-3-1-4-10-21)31-26(34)18-23-13-7-8-14-25(28(36)38-16-15-30-27(23)35)32-29(37)39-20-22-11-5-2-6-12-22/h1-12,23-25,33H,13-20H2,(H,30,35)(H,31,34)(H,32,37). The van der Waals surface area contributed by atoms with Crippen molar-refractivity contribution in [2.45, 2.75) is 44.4 Å². The van der Waals surface area contributed by atoms with Crippen molar-refractivity contribution < 1.29 is 33.8 Å². The summed E-state index contributed by atoms with van der Waals surface area (Å²) in [5.74, 6) is -1.99. The Morgan fingerprint density at radius 3 is 2.36 bits per heavy atom. The molecule has 1 aliphatic heterocycles. The lowest BCUT2D eigenvalue weighted by Crippen LogP contribution is -2.43. The Hall–Kier alpha value is -4.18. The number of aliphatic hydroxyl groups is 1. The first kappa shape index (κ1) is 29.4. The predicted octanol–water partition coefficient (Wildman–Crippen LogP) is 2.02. The number of hydrogen-bond donors (Lipinski definition) is 4.